The molecule has 3 fully saturated rings. The van der Waals surface area contributed by atoms with Crippen molar-refractivity contribution in [1.29, 1.82) is 0 Å². The van der Waals surface area contributed by atoms with Gasteiger partial charge in [-0.05, 0) is 98.5 Å². The number of hydrogen-bond acceptors (Lipinski definition) is 6. The van der Waals surface area contributed by atoms with Crippen LogP contribution in [0.4, 0.5) is 0 Å². The van der Waals surface area contributed by atoms with E-state index < -0.39 is 17.9 Å². The van der Waals surface area contributed by atoms with E-state index in [9.17, 15) is 14.4 Å². The lowest BCUT2D eigenvalue weighted by Crippen LogP contribution is -2.51. The molecule has 1 amide bonds. The number of nitrogens with zero attached hydrogens (tertiary/aromatic N) is 1. The average Bonchev–Trinajstić information content (AvgIpc) is 3.29. The first kappa shape index (κ1) is 27.6. The first-order valence-electron chi connectivity index (χ1n) is 14.5. The topological polar surface area (TPSA) is 94.1 Å². The fourth-order valence-electron chi connectivity index (χ4n) is 8.73. The van der Waals surface area contributed by atoms with Crippen LogP contribution in [0.2, 0.25) is 0 Å². The molecule has 0 aliphatic heterocycles. The lowest BCUT2D eigenvalue weighted by atomic mass is 9.46. The van der Waals surface area contributed by atoms with Crippen molar-refractivity contribution >= 4 is 23.4 Å². The van der Waals surface area contributed by atoms with Crippen molar-refractivity contribution in [3.8, 4) is 0 Å². The van der Waals surface area contributed by atoms with Gasteiger partial charge in [-0.25, -0.2) is 4.79 Å². The van der Waals surface area contributed by atoms with Crippen LogP contribution in [0.3, 0.4) is 0 Å². The third-order valence-corrected chi connectivity index (χ3v) is 10.7. The average molecular weight is 535 g/mol. The SMILES string of the molecule is COC(=O)[C@H](NC(=O)CON=C1C=C2CC[C@H]3[C@@H]4CC[C@H](C(C)=O)[C@@]4(C)CC[C@@H]3[C@@]2(C)CC1)c1ccccc1. The molecule has 0 radical (unpaired) electrons. The van der Waals surface area contributed by atoms with E-state index >= 15 is 0 Å². The van der Waals surface area contributed by atoms with Gasteiger partial charge in [0.05, 0.1) is 12.8 Å². The van der Waals surface area contributed by atoms with Crippen molar-refractivity contribution < 1.29 is 24.0 Å². The lowest BCUT2D eigenvalue weighted by Gasteiger charge is -2.58. The van der Waals surface area contributed by atoms with Gasteiger partial charge in [0.2, 0.25) is 0 Å². The Balaban J connectivity index is 1.22. The molecule has 0 aromatic heterocycles. The van der Waals surface area contributed by atoms with Crippen molar-refractivity contribution in [3.63, 3.8) is 0 Å². The molecule has 1 aromatic rings. The Morgan fingerprint density at radius 2 is 1.79 bits per heavy atom. The van der Waals surface area contributed by atoms with E-state index in [1.54, 1.807) is 31.2 Å². The summed E-state index contributed by atoms with van der Waals surface area (Å²) in [6.07, 6.45) is 10.9. The fourth-order valence-corrected chi connectivity index (χ4v) is 8.73. The zero-order valence-electron chi connectivity index (χ0n) is 23.7. The zero-order valence-corrected chi connectivity index (χ0v) is 23.7. The summed E-state index contributed by atoms with van der Waals surface area (Å²) in [5.41, 5.74) is 3.32. The van der Waals surface area contributed by atoms with Crippen LogP contribution in [0.25, 0.3) is 0 Å². The molecule has 210 valence electrons. The van der Waals surface area contributed by atoms with Crippen LogP contribution in [-0.2, 0) is 24.0 Å². The standard InChI is InChI=1S/C32H42N2O5/c1-20(35)25-12-13-26-24-11-10-22-18-23(14-16-31(22,2)27(24)15-17-32(25,26)3)34-39-19-28(36)33-29(30(37)38-4)21-8-6-5-7-9-21/h5-9,18,24-27,29H,10-17,19H2,1-4H3,(H,33,36)/t24-,25+,26-,27-,29+,31-,32+/m0/s1. The second kappa shape index (κ2) is 10.9. The van der Waals surface area contributed by atoms with E-state index in [0.717, 1.165) is 37.8 Å². The van der Waals surface area contributed by atoms with Crippen LogP contribution in [0.5, 0.6) is 0 Å². The number of oxime groups is 1. The number of amides is 1. The number of hydrogen-bond donors (Lipinski definition) is 1. The molecule has 0 spiro atoms. The van der Waals surface area contributed by atoms with Gasteiger partial charge in [0, 0.05) is 5.92 Å². The minimum atomic E-state index is -0.893. The maximum Gasteiger partial charge on any atom is 0.333 e. The van der Waals surface area contributed by atoms with Gasteiger partial charge >= 0.3 is 5.97 Å². The molecule has 4 aliphatic rings. The highest BCUT2D eigenvalue weighted by molar-refractivity contribution is 5.96. The molecular formula is C32H42N2O5. The number of ketones is 1. The molecule has 0 heterocycles. The minimum Gasteiger partial charge on any atom is -0.467 e. The number of carbonyl (C=O) groups is 3. The summed E-state index contributed by atoms with van der Waals surface area (Å²) in [7, 11) is 1.30. The number of Topliss-reactive ketones (excluding diaryl/α,β-unsaturated/α-hetero) is 1. The monoisotopic (exact) mass is 534 g/mol. The van der Waals surface area contributed by atoms with Gasteiger partial charge in [-0.3, -0.25) is 9.59 Å². The first-order chi connectivity index (χ1) is 18.7. The Kier molecular flexibility index (Phi) is 7.71. The van der Waals surface area contributed by atoms with Crippen molar-refractivity contribution in [2.24, 2.45) is 39.7 Å². The van der Waals surface area contributed by atoms with E-state index in [1.165, 1.54) is 31.9 Å². The van der Waals surface area contributed by atoms with Crippen LogP contribution in [0.15, 0.2) is 47.1 Å². The zero-order chi connectivity index (χ0) is 27.8. The van der Waals surface area contributed by atoms with Gasteiger partial charge in [-0.2, -0.15) is 0 Å². The molecule has 4 aliphatic carbocycles. The van der Waals surface area contributed by atoms with Crippen molar-refractivity contribution in [1.82, 2.24) is 5.32 Å². The van der Waals surface area contributed by atoms with E-state index in [2.05, 4.69) is 30.4 Å². The highest BCUT2D eigenvalue weighted by Crippen LogP contribution is 2.66. The molecule has 0 saturated heterocycles. The number of methoxy groups -OCH3 is 1. The van der Waals surface area contributed by atoms with E-state index in [0.29, 0.717) is 29.1 Å². The Hall–Kier alpha value is -2.96. The summed E-state index contributed by atoms with van der Waals surface area (Å²) in [4.78, 5) is 42.6. The van der Waals surface area contributed by atoms with Gasteiger partial charge < -0.3 is 14.9 Å². The third kappa shape index (κ3) is 5.05. The van der Waals surface area contributed by atoms with Gasteiger partial charge in [-0.15, -0.1) is 0 Å². The van der Waals surface area contributed by atoms with Gasteiger partial charge in [0.1, 0.15) is 5.78 Å². The molecule has 1 aromatic carbocycles. The van der Waals surface area contributed by atoms with E-state index in [-0.39, 0.29) is 23.4 Å². The van der Waals surface area contributed by atoms with Gasteiger partial charge in [0.25, 0.3) is 5.91 Å². The quantitative estimate of drug-likeness (QED) is 0.365. The highest BCUT2D eigenvalue weighted by atomic mass is 16.6. The minimum absolute atomic E-state index is 0.165. The molecule has 3 saturated carbocycles. The van der Waals surface area contributed by atoms with Crippen LogP contribution < -0.4 is 5.32 Å². The number of carbonyl (C=O) groups excluding carboxylic acids is 3. The molecule has 1 N–H and O–H groups in total. The summed E-state index contributed by atoms with van der Waals surface area (Å²) in [6, 6.07) is 8.10. The number of fused-ring (bicyclic) bond motifs is 5. The molecule has 0 unspecified atom stereocenters. The summed E-state index contributed by atoms with van der Waals surface area (Å²) in [6.45, 7) is 6.36. The molecule has 5 rings (SSSR count). The molecular weight excluding hydrogens is 492 g/mol. The van der Waals surface area contributed by atoms with Crippen LogP contribution >= 0.6 is 0 Å². The Labute approximate surface area is 231 Å². The summed E-state index contributed by atoms with van der Waals surface area (Å²) < 4.78 is 4.86. The van der Waals surface area contributed by atoms with Crippen LogP contribution in [0.1, 0.15) is 83.7 Å². The predicted octanol–water partition coefficient (Wildman–Crippen LogP) is 5.56. The number of rotatable bonds is 7. The van der Waals surface area contributed by atoms with Crippen LogP contribution in [0, 0.1) is 34.5 Å². The maximum atomic E-state index is 12.6. The molecule has 0 bridgehead atoms. The maximum absolute atomic E-state index is 12.6. The molecule has 39 heavy (non-hydrogen) atoms. The third-order valence-electron chi connectivity index (χ3n) is 10.7. The van der Waals surface area contributed by atoms with Gasteiger partial charge in [0.15, 0.2) is 12.6 Å². The second-order valence-electron chi connectivity index (χ2n) is 12.6. The van der Waals surface area contributed by atoms with E-state index in [4.69, 9.17) is 9.57 Å². The van der Waals surface area contributed by atoms with E-state index in [1.807, 2.05) is 6.07 Å². The molecule has 7 atom stereocenters. The number of ether oxygens (including phenoxy) is 1. The van der Waals surface area contributed by atoms with Crippen molar-refractivity contribution in [2.75, 3.05) is 13.7 Å². The molecule has 7 heteroatoms. The first-order valence-corrected chi connectivity index (χ1v) is 14.5. The van der Waals surface area contributed by atoms with Crippen molar-refractivity contribution in [2.45, 2.75) is 78.2 Å². The van der Waals surface area contributed by atoms with Crippen LogP contribution in [-0.4, -0.2) is 37.1 Å². The summed E-state index contributed by atoms with van der Waals surface area (Å²) >= 11 is 0. The Morgan fingerprint density at radius 1 is 1.03 bits per heavy atom. The summed E-state index contributed by atoms with van der Waals surface area (Å²) in [5.74, 6) is 1.66. The smallest absolute Gasteiger partial charge is 0.333 e. The highest BCUT2D eigenvalue weighted by Gasteiger charge is 2.59. The molecule has 7 nitrogen and oxygen atoms in total. The number of allylic oxidation sites excluding steroid dienone is 2. The number of nitrogens with one attached hydrogen (secondary N) is 1. The fraction of sp³-hybridized carbons (Fsp3) is 0.625. The van der Waals surface area contributed by atoms with Crippen molar-refractivity contribution in [3.05, 3.63) is 47.5 Å². The number of benzene rings is 1. The predicted molar refractivity (Wildman–Crippen MR) is 149 cm³/mol. The Bertz CT molecular complexity index is 1180. The largest absolute Gasteiger partial charge is 0.467 e. The number of esters is 1. The second-order valence-corrected chi connectivity index (χ2v) is 12.6. The lowest BCUT2D eigenvalue weighted by molar-refractivity contribution is -0.145. The normalized spacial score (nSPS) is 35.1. The summed E-state index contributed by atoms with van der Waals surface area (Å²) in [5, 5.41) is 7.00. The van der Waals surface area contributed by atoms with Gasteiger partial charge in [-0.1, -0.05) is 54.9 Å². The Morgan fingerprint density at radius 3 is 2.51 bits per heavy atom.